The van der Waals surface area contributed by atoms with Crippen molar-refractivity contribution in [1.29, 1.82) is 0 Å². The molecule has 10 heteroatoms. The molecule has 0 aliphatic carbocycles. The number of aliphatic carboxylic acids is 2. The summed E-state index contributed by atoms with van der Waals surface area (Å²) in [5.74, 6) is -1.55. The number of carbonyl (C=O) groups excluding carboxylic acids is 1. The summed E-state index contributed by atoms with van der Waals surface area (Å²) in [6.45, 7) is 0.529. The van der Waals surface area contributed by atoms with Gasteiger partial charge in [-0.2, -0.15) is 0 Å². The van der Waals surface area contributed by atoms with E-state index in [-0.39, 0.29) is 5.37 Å². The third-order valence-electron chi connectivity index (χ3n) is 4.91. The Morgan fingerprint density at radius 1 is 1.46 bits per heavy atom. The second-order valence-corrected chi connectivity index (χ2v) is 7.80. The van der Waals surface area contributed by atoms with Crippen molar-refractivity contribution in [1.82, 2.24) is 19.8 Å². The smallest absolute Gasteiger partial charge is 0.327 e. The zero-order valence-electron chi connectivity index (χ0n) is 14.2. The minimum atomic E-state index is -1.41. The molecule has 142 valence electrons. The lowest BCUT2D eigenvalue weighted by Crippen LogP contribution is -2.59. The molecule has 0 radical (unpaired) electrons. The van der Waals surface area contributed by atoms with Gasteiger partial charge in [0.15, 0.2) is 0 Å². The summed E-state index contributed by atoms with van der Waals surface area (Å²) < 4.78 is 0. The molecule has 0 aromatic carbocycles. The van der Waals surface area contributed by atoms with Crippen LogP contribution in [0.2, 0.25) is 0 Å². The monoisotopic (exact) mass is 382 g/mol. The number of fused-ring (bicyclic) bond motifs is 1. The average molecular weight is 382 g/mol. The van der Waals surface area contributed by atoms with E-state index in [1.165, 1.54) is 0 Å². The van der Waals surface area contributed by atoms with Crippen LogP contribution in [0.25, 0.3) is 0 Å². The standard InChI is InChI=1S/C16H22N4O5S/c21-9-20(12(16(24)25)6-15(22)23)13-5-10-11(18-8-17-10)7-19(13)14-3-1-2-4-26-14/h8-9,12-14H,1-7H2,(H,17,18)(H,22,23)(H,24,25)/t12-,13+,14?/m0/s1. The number of carboxylic acid groups (broad SMARTS) is 2. The van der Waals surface area contributed by atoms with Crippen molar-refractivity contribution < 1.29 is 24.6 Å². The van der Waals surface area contributed by atoms with Crippen LogP contribution >= 0.6 is 11.8 Å². The van der Waals surface area contributed by atoms with Crippen LogP contribution in [0.15, 0.2) is 6.33 Å². The molecule has 3 atom stereocenters. The second-order valence-electron chi connectivity index (χ2n) is 6.51. The Hall–Kier alpha value is -2.07. The van der Waals surface area contributed by atoms with Crippen molar-refractivity contribution in [2.24, 2.45) is 0 Å². The van der Waals surface area contributed by atoms with E-state index in [9.17, 15) is 19.5 Å². The number of hydrogen-bond acceptors (Lipinski definition) is 6. The van der Waals surface area contributed by atoms with Crippen LogP contribution in [0.3, 0.4) is 0 Å². The number of aromatic amines is 1. The Morgan fingerprint density at radius 2 is 2.27 bits per heavy atom. The van der Waals surface area contributed by atoms with Crippen LogP contribution in [0.1, 0.15) is 37.1 Å². The van der Waals surface area contributed by atoms with Crippen molar-refractivity contribution >= 4 is 30.1 Å². The van der Waals surface area contributed by atoms with E-state index in [4.69, 9.17) is 5.11 Å². The zero-order chi connectivity index (χ0) is 18.7. The summed E-state index contributed by atoms with van der Waals surface area (Å²) in [5.41, 5.74) is 1.75. The van der Waals surface area contributed by atoms with Crippen LogP contribution in [0.5, 0.6) is 0 Å². The number of imidazole rings is 1. The molecule has 0 bridgehead atoms. The average Bonchev–Trinajstić information content (AvgIpc) is 3.08. The highest BCUT2D eigenvalue weighted by atomic mass is 32.2. The normalized spacial score (nSPS) is 24.5. The maximum Gasteiger partial charge on any atom is 0.327 e. The molecule has 2 aliphatic rings. The number of aromatic nitrogens is 2. The summed E-state index contributed by atoms with van der Waals surface area (Å²) in [5, 5.41) is 18.7. The Kier molecular flexibility index (Phi) is 5.82. The van der Waals surface area contributed by atoms with Crippen molar-refractivity contribution in [2.75, 3.05) is 5.75 Å². The number of carboxylic acids is 2. The zero-order valence-corrected chi connectivity index (χ0v) is 15.0. The van der Waals surface area contributed by atoms with Crippen molar-refractivity contribution in [3.05, 3.63) is 17.7 Å². The quantitative estimate of drug-likeness (QED) is 0.589. The van der Waals surface area contributed by atoms with Crippen molar-refractivity contribution in [3.8, 4) is 0 Å². The van der Waals surface area contributed by atoms with Crippen molar-refractivity contribution in [2.45, 2.75) is 56.2 Å². The van der Waals surface area contributed by atoms with E-state index in [0.29, 0.717) is 19.4 Å². The number of H-pyrrole nitrogens is 1. The minimum Gasteiger partial charge on any atom is -0.481 e. The highest BCUT2D eigenvalue weighted by molar-refractivity contribution is 7.99. The van der Waals surface area contributed by atoms with Crippen LogP contribution in [0, 0.1) is 0 Å². The molecule has 1 aromatic heterocycles. The molecule has 3 heterocycles. The van der Waals surface area contributed by atoms with Gasteiger partial charge >= 0.3 is 11.9 Å². The van der Waals surface area contributed by atoms with E-state index in [1.54, 1.807) is 18.1 Å². The molecular formula is C16H22N4O5S. The Labute approximate surface area is 154 Å². The molecule has 1 saturated heterocycles. The Morgan fingerprint density at radius 3 is 2.88 bits per heavy atom. The fourth-order valence-electron chi connectivity index (χ4n) is 3.63. The molecule has 1 aromatic rings. The van der Waals surface area contributed by atoms with Crippen LogP contribution in [-0.4, -0.2) is 71.7 Å². The van der Waals surface area contributed by atoms with Gasteiger partial charge in [0.1, 0.15) is 6.04 Å². The van der Waals surface area contributed by atoms with Gasteiger partial charge < -0.3 is 20.1 Å². The number of carbonyl (C=O) groups is 3. The van der Waals surface area contributed by atoms with Gasteiger partial charge in [-0.15, -0.1) is 11.8 Å². The molecule has 3 rings (SSSR count). The molecule has 26 heavy (non-hydrogen) atoms. The highest BCUT2D eigenvalue weighted by Crippen LogP contribution is 2.35. The van der Waals surface area contributed by atoms with Crippen LogP contribution in [-0.2, 0) is 27.3 Å². The highest BCUT2D eigenvalue weighted by Gasteiger charge is 2.41. The van der Waals surface area contributed by atoms with E-state index in [2.05, 4.69) is 14.9 Å². The fourth-order valence-corrected chi connectivity index (χ4v) is 5.02. The first-order valence-corrected chi connectivity index (χ1v) is 9.62. The largest absolute Gasteiger partial charge is 0.481 e. The number of hydrogen-bond donors (Lipinski definition) is 3. The number of amides is 1. The molecule has 1 amide bonds. The topological polar surface area (TPSA) is 127 Å². The first kappa shape index (κ1) is 18.7. The maximum absolute atomic E-state index is 11.8. The van der Waals surface area contributed by atoms with Crippen LogP contribution < -0.4 is 0 Å². The van der Waals surface area contributed by atoms with Gasteiger partial charge in [0.2, 0.25) is 6.41 Å². The summed E-state index contributed by atoms with van der Waals surface area (Å²) in [6.07, 6.45) is 4.44. The van der Waals surface area contributed by atoms with Gasteiger partial charge in [0, 0.05) is 13.0 Å². The van der Waals surface area contributed by atoms with Gasteiger partial charge in [-0.05, 0) is 18.6 Å². The lowest BCUT2D eigenvalue weighted by atomic mass is 10.0. The minimum absolute atomic E-state index is 0.159. The Bertz CT molecular complexity index is 675. The summed E-state index contributed by atoms with van der Waals surface area (Å²) in [4.78, 5) is 45.2. The molecule has 2 aliphatic heterocycles. The van der Waals surface area contributed by atoms with Gasteiger partial charge in [-0.3, -0.25) is 14.5 Å². The van der Waals surface area contributed by atoms with E-state index in [0.717, 1.165) is 41.3 Å². The molecular weight excluding hydrogens is 360 g/mol. The molecule has 0 saturated carbocycles. The third-order valence-corrected chi connectivity index (χ3v) is 6.33. The molecule has 0 spiro atoms. The molecule has 1 unspecified atom stereocenters. The third kappa shape index (κ3) is 3.85. The fraction of sp³-hybridized carbons (Fsp3) is 0.625. The first-order chi connectivity index (χ1) is 12.5. The second kappa shape index (κ2) is 8.09. The van der Waals surface area contributed by atoms with E-state index >= 15 is 0 Å². The summed E-state index contributed by atoms with van der Waals surface area (Å²) >= 11 is 1.80. The lowest BCUT2D eigenvalue weighted by molar-refractivity contribution is -0.156. The van der Waals surface area contributed by atoms with E-state index in [1.807, 2.05) is 0 Å². The van der Waals surface area contributed by atoms with Gasteiger partial charge in [0.05, 0.1) is 35.7 Å². The molecule has 1 fully saturated rings. The first-order valence-electron chi connectivity index (χ1n) is 8.57. The van der Waals surface area contributed by atoms with Gasteiger partial charge in [-0.25, -0.2) is 9.78 Å². The summed E-state index contributed by atoms with van der Waals surface area (Å²) in [7, 11) is 0. The number of rotatable bonds is 7. The number of nitrogens with zero attached hydrogens (tertiary/aromatic N) is 3. The van der Waals surface area contributed by atoms with Gasteiger partial charge in [0.25, 0.3) is 0 Å². The lowest BCUT2D eigenvalue weighted by Gasteiger charge is -2.46. The predicted octanol–water partition coefficient (Wildman–Crippen LogP) is 0.723. The SMILES string of the molecule is O=CN([C@@H]1Cc2nc[nH]c2CN1C1CCCCS1)[C@@H](CC(=O)O)C(=O)O. The van der Waals surface area contributed by atoms with E-state index < -0.39 is 30.6 Å². The van der Waals surface area contributed by atoms with Crippen LogP contribution in [0.4, 0.5) is 0 Å². The molecule has 3 N–H and O–H groups in total. The molecule has 9 nitrogen and oxygen atoms in total. The summed E-state index contributed by atoms with van der Waals surface area (Å²) in [6, 6.07) is -1.41. The maximum atomic E-state index is 11.8. The van der Waals surface area contributed by atoms with Gasteiger partial charge in [-0.1, -0.05) is 6.42 Å². The predicted molar refractivity (Wildman–Crippen MR) is 93.3 cm³/mol. The van der Waals surface area contributed by atoms with Crippen molar-refractivity contribution in [3.63, 3.8) is 0 Å². The Balaban J connectivity index is 1.92. The number of thioether (sulfide) groups is 1. The number of nitrogens with one attached hydrogen (secondary N) is 1.